The summed E-state index contributed by atoms with van der Waals surface area (Å²) in [6.45, 7) is 3.74. The number of thioether (sulfide) groups is 1. The van der Waals surface area contributed by atoms with E-state index in [9.17, 15) is 4.79 Å². The molecule has 1 rings (SSSR count). The molecule has 0 unspecified atom stereocenters. The van der Waals surface area contributed by atoms with Crippen LogP contribution in [0.2, 0.25) is 0 Å². The quantitative estimate of drug-likeness (QED) is 0.618. The Bertz CT molecular complexity index is 290. The number of amides is 1. The highest BCUT2D eigenvalue weighted by Crippen LogP contribution is 2.16. The topological polar surface area (TPSA) is 38.3 Å². The number of hydrogen-bond acceptors (Lipinski definition) is 3. The van der Waals surface area contributed by atoms with E-state index in [2.05, 4.69) is 5.32 Å². The Hall–Kier alpha value is -1.00. The zero-order valence-corrected chi connectivity index (χ0v) is 9.55. The van der Waals surface area contributed by atoms with Gasteiger partial charge in [0.15, 0.2) is 0 Å². The molecule has 1 amide bonds. The Kier molecular flexibility index (Phi) is 5.88. The standard InChI is InChI=1S/C11H15NO2S/c1-2-14-9-8-12-11(13)15-10-6-4-3-5-7-10/h3-7H,2,8-9H2,1H3,(H,12,13). The van der Waals surface area contributed by atoms with Crippen LogP contribution in [-0.4, -0.2) is 25.0 Å². The molecule has 0 heterocycles. The van der Waals surface area contributed by atoms with Gasteiger partial charge in [-0.1, -0.05) is 18.2 Å². The van der Waals surface area contributed by atoms with Crippen LogP contribution in [0.5, 0.6) is 0 Å². The summed E-state index contributed by atoms with van der Waals surface area (Å²) in [6.07, 6.45) is 0. The first kappa shape index (κ1) is 12.1. The minimum absolute atomic E-state index is 0.0408. The van der Waals surface area contributed by atoms with E-state index in [1.165, 1.54) is 11.8 Å². The Morgan fingerprint density at radius 2 is 2.13 bits per heavy atom. The minimum Gasteiger partial charge on any atom is -0.380 e. The third-order valence-electron chi connectivity index (χ3n) is 1.67. The molecule has 1 aromatic rings. The summed E-state index contributed by atoms with van der Waals surface area (Å²) in [5.74, 6) is 0. The van der Waals surface area contributed by atoms with Crippen LogP contribution >= 0.6 is 11.8 Å². The van der Waals surface area contributed by atoms with Crippen LogP contribution in [0.1, 0.15) is 6.92 Å². The van der Waals surface area contributed by atoms with E-state index in [-0.39, 0.29) is 5.24 Å². The SMILES string of the molecule is CCOCCNC(=O)Sc1ccccc1. The van der Waals surface area contributed by atoms with Crippen molar-refractivity contribution in [2.24, 2.45) is 0 Å². The summed E-state index contributed by atoms with van der Waals surface area (Å²) in [6, 6.07) is 9.57. The van der Waals surface area contributed by atoms with E-state index in [0.717, 1.165) is 4.90 Å². The van der Waals surface area contributed by atoms with Crippen molar-refractivity contribution in [3.8, 4) is 0 Å². The van der Waals surface area contributed by atoms with Crippen molar-refractivity contribution in [2.75, 3.05) is 19.8 Å². The molecule has 0 fully saturated rings. The average molecular weight is 225 g/mol. The average Bonchev–Trinajstić information content (AvgIpc) is 2.26. The number of carbonyl (C=O) groups is 1. The van der Waals surface area contributed by atoms with Crippen LogP contribution in [0.15, 0.2) is 35.2 Å². The van der Waals surface area contributed by atoms with Gasteiger partial charge < -0.3 is 10.1 Å². The summed E-state index contributed by atoms with van der Waals surface area (Å²) >= 11 is 1.20. The Labute approximate surface area is 94.2 Å². The first-order chi connectivity index (χ1) is 7.33. The molecule has 0 aliphatic rings. The van der Waals surface area contributed by atoms with Crippen LogP contribution in [0.25, 0.3) is 0 Å². The fraction of sp³-hybridized carbons (Fsp3) is 0.364. The molecule has 0 spiro atoms. The van der Waals surface area contributed by atoms with E-state index in [1.54, 1.807) is 0 Å². The van der Waals surface area contributed by atoms with Gasteiger partial charge >= 0.3 is 0 Å². The molecule has 3 nitrogen and oxygen atoms in total. The normalized spacial score (nSPS) is 9.93. The molecule has 0 radical (unpaired) electrons. The van der Waals surface area contributed by atoms with E-state index in [4.69, 9.17) is 4.74 Å². The highest BCUT2D eigenvalue weighted by molar-refractivity contribution is 8.13. The van der Waals surface area contributed by atoms with Gasteiger partial charge in [0.1, 0.15) is 0 Å². The van der Waals surface area contributed by atoms with E-state index in [0.29, 0.717) is 19.8 Å². The molecule has 0 saturated carbocycles. The fourth-order valence-corrected chi connectivity index (χ4v) is 1.68. The largest absolute Gasteiger partial charge is 0.380 e. The number of benzene rings is 1. The Balaban J connectivity index is 2.19. The molecule has 1 N–H and O–H groups in total. The van der Waals surface area contributed by atoms with Gasteiger partial charge in [-0.15, -0.1) is 0 Å². The van der Waals surface area contributed by atoms with Gasteiger partial charge in [0.25, 0.3) is 5.24 Å². The van der Waals surface area contributed by atoms with Gasteiger partial charge in [-0.3, -0.25) is 4.79 Å². The van der Waals surface area contributed by atoms with Crippen molar-refractivity contribution >= 4 is 17.0 Å². The maximum absolute atomic E-state index is 11.4. The zero-order chi connectivity index (χ0) is 10.9. The fourth-order valence-electron chi connectivity index (χ4n) is 1.00. The summed E-state index contributed by atoms with van der Waals surface area (Å²) in [4.78, 5) is 12.3. The third kappa shape index (κ3) is 5.44. The predicted octanol–water partition coefficient (Wildman–Crippen LogP) is 2.52. The molecule has 0 aliphatic carbocycles. The van der Waals surface area contributed by atoms with Crippen molar-refractivity contribution in [2.45, 2.75) is 11.8 Å². The number of nitrogens with one attached hydrogen (secondary N) is 1. The molecule has 1 aromatic carbocycles. The minimum atomic E-state index is -0.0408. The molecule has 0 bridgehead atoms. The molecule has 4 heteroatoms. The second kappa shape index (κ2) is 7.31. The number of ether oxygens (including phenoxy) is 1. The molecular weight excluding hydrogens is 210 g/mol. The van der Waals surface area contributed by atoms with Crippen molar-refractivity contribution in [1.29, 1.82) is 0 Å². The van der Waals surface area contributed by atoms with Crippen LogP contribution < -0.4 is 5.32 Å². The Morgan fingerprint density at radius 3 is 2.80 bits per heavy atom. The maximum atomic E-state index is 11.4. The summed E-state index contributed by atoms with van der Waals surface area (Å²) in [7, 11) is 0. The van der Waals surface area contributed by atoms with Crippen LogP contribution in [0.4, 0.5) is 4.79 Å². The van der Waals surface area contributed by atoms with E-state index >= 15 is 0 Å². The second-order valence-corrected chi connectivity index (χ2v) is 3.87. The van der Waals surface area contributed by atoms with Gasteiger partial charge in [-0.2, -0.15) is 0 Å². The molecule has 82 valence electrons. The van der Waals surface area contributed by atoms with Crippen molar-refractivity contribution < 1.29 is 9.53 Å². The van der Waals surface area contributed by atoms with Crippen molar-refractivity contribution in [3.63, 3.8) is 0 Å². The molecule has 0 aliphatic heterocycles. The monoisotopic (exact) mass is 225 g/mol. The maximum Gasteiger partial charge on any atom is 0.283 e. The second-order valence-electron chi connectivity index (χ2n) is 2.83. The molecule has 0 aromatic heterocycles. The highest BCUT2D eigenvalue weighted by atomic mass is 32.2. The smallest absolute Gasteiger partial charge is 0.283 e. The zero-order valence-electron chi connectivity index (χ0n) is 8.73. The van der Waals surface area contributed by atoms with Gasteiger partial charge in [-0.05, 0) is 30.8 Å². The van der Waals surface area contributed by atoms with Crippen molar-refractivity contribution in [1.82, 2.24) is 5.32 Å². The summed E-state index contributed by atoms with van der Waals surface area (Å²) < 4.78 is 5.11. The Morgan fingerprint density at radius 1 is 1.40 bits per heavy atom. The van der Waals surface area contributed by atoms with E-state index < -0.39 is 0 Å². The van der Waals surface area contributed by atoms with Crippen LogP contribution in [-0.2, 0) is 4.74 Å². The number of rotatable bonds is 5. The lowest BCUT2D eigenvalue weighted by Gasteiger charge is -2.04. The molecule has 0 saturated heterocycles. The van der Waals surface area contributed by atoms with Gasteiger partial charge in [0.05, 0.1) is 6.61 Å². The van der Waals surface area contributed by atoms with E-state index in [1.807, 2.05) is 37.3 Å². The first-order valence-corrected chi connectivity index (χ1v) is 5.73. The van der Waals surface area contributed by atoms with Gasteiger partial charge in [0.2, 0.25) is 0 Å². The summed E-state index contributed by atoms with van der Waals surface area (Å²) in [5, 5.41) is 2.72. The number of carbonyl (C=O) groups excluding carboxylic acids is 1. The van der Waals surface area contributed by atoms with Gasteiger partial charge in [0, 0.05) is 18.0 Å². The molecule has 0 atom stereocenters. The predicted molar refractivity (Wildman–Crippen MR) is 62.2 cm³/mol. The van der Waals surface area contributed by atoms with Crippen molar-refractivity contribution in [3.05, 3.63) is 30.3 Å². The first-order valence-electron chi connectivity index (χ1n) is 4.91. The third-order valence-corrected chi connectivity index (χ3v) is 2.51. The molecule has 15 heavy (non-hydrogen) atoms. The lowest BCUT2D eigenvalue weighted by molar-refractivity contribution is 0.151. The van der Waals surface area contributed by atoms with Crippen LogP contribution in [0.3, 0.4) is 0 Å². The highest BCUT2D eigenvalue weighted by Gasteiger charge is 2.02. The lowest BCUT2D eigenvalue weighted by Crippen LogP contribution is -2.23. The van der Waals surface area contributed by atoms with Gasteiger partial charge in [-0.25, -0.2) is 0 Å². The lowest BCUT2D eigenvalue weighted by atomic mass is 10.4. The van der Waals surface area contributed by atoms with Crippen LogP contribution in [0, 0.1) is 0 Å². The summed E-state index contributed by atoms with van der Waals surface area (Å²) in [5.41, 5.74) is 0. The number of hydrogen-bond donors (Lipinski definition) is 1. The molecular formula is C11H15NO2S.